The van der Waals surface area contributed by atoms with E-state index in [0.29, 0.717) is 5.92 Å². The summed E-state index contributed by atoms with van der Waals surface area (Å²) in [6.45, 7) is 101. The van der Waals surface area contributed by atoms with Crippen LogP contribution in [0.1, 0.15) is 61.1 Å². The highest BCUT2D eigenvalue weighted by Crippen LogP contribution is 2.43. The molecular formula is C60H112Si10. The Labute approximate surface area is 446 Å². The van der Waals surface area contributed by atoms with Crippen molar-refractivity contribution < 1.29 is 0 Å². The molecule has 1 unspecified atom stereocenters. The molecule has 0 aromatic heterocycles. The summed E-state index contributed by atoms with van der Waals surface area (Å²) in [6, 6.07) is 0. The smallest absolute Gasteiger partial charge is 0.0656 e. The molecule has 0 fully saturated rings. The van der Waals surface area contributed by atoms with Gasteiger partial charge in [-0.3, -0.25) is 0 Å². The summed E-state index contributed by atoms with van der Waals surface area (Å²) in [5.74, 6) is 0.357. The van der Waals surface area contributed by atoms with E-state index in [2.05, 4.69) is 246 Å². The molecule has 0 bridgehead atoms. The monoisotopic (exact) mass is 1110 g/mol. The average molecular weight is 1110 g/mol. The summed E-state index contributed by atoms with van der Waals surface area (Å²) in [5.41, 5.74) is 14.9. The van der Waals surface area contributed by atoms with Gasteiger partial charge in [-0.1, -0.05) is 247 Å². The van der Waals surface area contributed by atoms with Gasteiger partial charge < -0.3 is 0 Å². The second-order valence-corrected chi connectivity index (χ2v) is 80.9. The first-order valence-corrected chi connectivity index (χ1v) is 61.2. The molecule has 0 saturated carbocycles. The summed E-state index contributed by atoms with van der Waals surface area (Å²) in [5, 5.41) is 24.5. The summed E-state index contributed by atoms with van der Waals surface area (Å²) in [6.07, 6.45) is 0. The van der Waals surface area contributed by atoms with Gasteiger partial charge in [0.25, 0.3) is 0 Å². The number of hydrogen-bond donors (Lipinski definition) is 0. The molecule has 0 spiro atoms. The standard InChI is InChI=1S/C60H112Si10/c1-38-39(2)41(4)48(40(38)3)70(52-45(8)42(5)49(61(11,12)13)55(64(20,21)22)58(52)67(29,30)31,53-46(9)43(6)50(62(14,15)16)56(65(23,24)25)59(53)68(32,33)34)54-47(10)44(7)51(63(17,18)19)57(66(26,27)28)60(54)69(35,36)37/h40H,1-37H3. The lowest BCUT2D eigenvalue weighted by Crippen LogP contribution is -2.89. The second kappa shape index (κ2) is 18.8. The molecule has 70 heavy (non-hydrogen) atoms. The van der Waals surface area contributed by atoms with Crippen LogP contribution >= 0.6 is 0 Å². The van der Waals surface area contributed by atoms with Crippen LogP contribution in [0.5, 0.6) is 0 Å². The zero-order valence-corrected chi connectivity index (χ0v) is 63.6. The third-order valence-corrected chi connectivity index (χ3v) is 43.5. The quantitative estimate of drug-likeness (QED) is 0.118. The van der Waals surface area contributed by atoms with Gasteiger partial charge in [0, 0.05) is 0 Å². The van der Waals surface area contributed by atoms with Gasteiger partial charge in [0.1, 0.15) is 0 Å². The van der Waals surface area contributed by atoms with Gasteiger partial charge in [-0.05, 0) is 123 Å². The van der Waals surface area contributed by atoms with Crippen molar-refractivity contribution in [1.82, 2.24) is 0 Å². The van der Waals surface area contributed by atoms with E-state index in [1.165, 1.54) is 0 Å². The summed E-state index contributed by atoms with van der Waals surface area (Å²) >= 11 is 0. The summed E-state index contributed by atoms with van der Waals surface area (Å²) in [7, 11) is -21.5. The lowest BCUT2D eigenvalue weighted by molar-refractivity contribution is 0.851. The molecule has 3 aromatic carbocycles. The van der Waals surface area contributed by atoms with Crippen LogP contribution in [0.4, 0.5) is 0 Å². The Balaban J connectivity index is 3.12. The van der Waals surface area contributed by atoms with Gasteiger partial charge in [0.2, 0.25) is 0 Å². The first kappa shape index (κ1) is 61.9. The topological polar surface area (TPSA) is 0 Å². The van der Waals surface area contributed by atoms with Crippen molar-refractivity contribution in [2.45, 2.75) is 246 Å². The number of rotatable bonds is 13. The Bertz CT molecular complexity index is 2420. The normalized spacial score (nSPS) is 16.7. The fourth-order valence-electron chi connectivity index (χ4n) is 14.5. The zero-order valence-electron chi connectivity index (χ0n) is 53.6. The molecule has 1 atom stereocenters. The van der Waals surface area contributed by atoms with Crippen LogP contribution in [0.15, 0.2) is 21.9 Å². The first-order chi connectivity index (χ1) is 30.7. The van der Waals surface area contributed by atoms with Crippen molar-refractivity contribution in [2.24, 2.45) is 5.92 Å². The van der Waals surface area contributed by atoms with E-state index in [4.69, 9.17) is 0 Å². The van der Waals surface area contributed by atoms with Crippen LogP contribution in [0.25, 0.3) is 0 Å². The summed E-state index contributed by atoms with van der Waals surface area (Å²) < 4.78 is 0. The highest BCUT2D eigenvalue weighted by Gasteiger charge is 2.59. The predicted molar refractivity (Wildman–Crippen MR) is 359 cm³/mol. The molecule has 392 valence electrons. The molecule has 0 heterocycles. The van der Waals surface area contributed by atoms with Gasteiger partial charge in [0.05, 0.1) is 72.7 Å². The molecule has 0 aliphatic heterocycles. The lowest BCUT2D eigenvalue weighted by Gasteiger charge is -2.52. The SMILES string of the molecule is CC1=C(C)C(C)C([Si](c2c(C)c(C)c([Si](C)(C)C)c([Si](C)(C)C)c2[Si](C)(C)C)(c2c(C)c(C)c([Si](C)(C)C)c([Si](C)(C)C)c2[Si](C)(C)C)c2c(C)c(C)c([Si](C)(C)C)c([Si](C)(C)C)c2[Si](C)(C)C)=C1C. The van der Waals surface area contributed by atoms with Gasteiger partial charge in [0.15, 0.2) is 8.07 Å². The molecule has 1 aliphatic carbocycles. The maximum Gasteiger partial charge on any atom is 0.176 e. The highest BCUT2D eigenvalue weighted by atomic mass is 28.4. The van der Waals surface area contributed by atoms with Crippen LogP contribution in [0.3, 0.4) is 0 Å². The van der Waals surface area contributed by atoms with Crippen LogP contribution < -0.4 is 62.2 Å². The lowest BCUT2D eigenvalue weighted by atomic mass is 10.1. The van der Waals surface area contributed by atoms with Gasteiger partial charge in [-0.2, -0.15) is 0 Å². The zero-order chi connectivity index (χ0) is 55.3. The highest BCUT2D eigenvalue weighted by molar-refractivity contribution is 7.25. The van der Waals surface area contributed by atoms with Crippen molar-refractivity contribution in [1.29, 1.82) is 0 Å². The third-order valence-electron chi connectivity index (χ3n) is 17.1. The Morgan fingerprint density at radius 3 is 0.514 bits per heavy atom. The van der Waals surface area contributed by atoms with Crippen molar-refractivity contribution in [3.05, 3.63) is 55.3 Å². The molecule has 0 saturated heterocycles. The molecule has 0 radical (unpaired) electrons. The van der Waals surface area contributed by atoms with E-state index in [1.54, 1.807) is 50.1 Å². The minimum atomic E-state index is -3.41. The Morgan fingerprint density at radius 1 is 0.214 bits per heavy atom. The molecule has 0 amide bonds. The fraction of sp³-hybridized carbons (Fsp3) is 0.633. The molecule has 3 aromatic rings. The van der Waals surface area contributed by atoms with E-state index in [0.717, 1.165) is 0 Å². The van der Waals surface area contributed by atoms with E-state index in [1.807, 2.05) is 67.4 Å². The maximum absolute atomic E-state index is 3.41. The molecule has 1 aliphatic rings. The third kappa shape index (κ3) is 10.3. The number of hydrogen-bond acceptors (Lipinski definition) is 0. The minimum absolute atomic E-state index is 0.357. The number of allylic oxidation sites excluding steroid dienone is 4. The predicted octanol–water partition coefficient (Wildman–Crippen LogP) is 11.8. The van der Waals surface area contributed by atoms with Crippen LogP contribution in [-0.4, -0.2) is 80.7 Å². The van der Waals surface area contributed by atoms with E-state index in [9.17, 15) is 0 Å². The van der Waals surface area contributed by atoms with Crippen molar-refractivity contribution in [2.75, 3.05) is 0 Å². The van der Waals surface area contributed by atoms with Crippen LogP contribution in [-0.2, 0) is 0 Å². The van der Waals surface area contributed by atoms with Crippen molar-refractivity contribution in [3.8, 4) is 0 Å². The van der Waals surface area contributed by atoms with Crippen molar-refractivity contribution in [3.63, 3.8) is 0 Å². The van der Waals surface area contributed by atoms with Gasteiger partial charge in [-0.15, -0.1) is 0 Å². The largest absolute Gasteiger partial charge is 0.176 e. The second-order valence-electron chi connectivity index (χ2n) is 32.3. The van der Waals surface area contributed by atoms with E-state index in [-0.39, 0.29) is 0 Å². The van der Waals surface area contributed by atoms with Gasteiger partial charge in [-0.25, -0.2) is 0 Å². The van der Waals surface area contributed by atoms with Crippen molar-refractivity contribution >= 4 is 143 Å². The van der Waals surface area contributed by atoms with Crippen LogP contribution in [0, 0.1) is 47.5 Å². The van der Waals surface area contributed by atoms with E-state index < -0.39 is 80.7 Å². The molecule has 0 nitrogen and oxygen atoms in total. The Kier molecular flexibility index (Phi) is 16.6. The molecule has 4 rings (SSSR count). The average Bonchev–Trinajstić information content (AvgIpc) is 3.29. The number of benzene rings is 3. The molecule has 0 N–H and O–H groups in total. The summed E-state index contributed by atoms with van der Waals surface area (Å²) in [4.78, 5) is 0. The van der Waals surface area contributed by atoms with E-state index >= 15 is 0 Å². The van der Waals surface area contributed by atoms with Crippen LogP contribution in [0.2, 0.25) is 177 Å². The maximum atomic E-state index is 2.80. The Hall–Kier alpha value is -0.691. The van der Waals surface area contributed by atoms with Gasteiger partial charge >= 0.3 is 0 Å². The fourth-order valence-corrected chi connectivity index (χ4v) is 58.1. The minimum Gasteiger partial charge on any atom is -0.0656 e. The molecule has 10 heteroatoms. The first-order valence-electron chi connectivity index (χ1n) is 27.7. The molecular weight excluding hydrogens is 1000 g/mol. The Morgan fingerprint density at radius 2 is 0.371 bits per heavy atom.